The molecule has 2 rings (SSSR count). The molecule has 0 aromatic carbocycles. The van der Waals surface area contributed by atoms with E-state index in [1.165, 1.54) is 58.5 Å². The quantitative estimate of drug-likeness (QED) is 0.810. The SMILES string of the molecule is CC(C)CN1CCN(CCC2CCCC2O)CC1. The summed E-state index contributed by atoms with van der Waals surface area (Å²) in [5.41, 5.74) is 0. The predicted molar refractivity (Wildman–Crippen MR) is 75.7 cm³/mol. The molecule has 2 aliphatic rings. The van der Waals surface area contributed by atoms with Gasteiger partial charge in [0.15, 0.2) is 0 Å². The van der Waals surface area contributed by atoms with Gasteiger partial charge in [-0.25, -0.2) is 0 Å². The van der Waals surface area contributed by atoms with E-state index in [2.05, 4.69) is 23.6 Å². The van der Waals surface area contributed by atoms with Gasteiger partial charge in [-0.1, -0.05) is 20.3 Å². The average Bonchev–Trinajstić information content (AvgIpc) is 2.73. The Morgan fingerprint density at radius 1 is 1.06 bits per heavy atom. The zero-order valence-electron chi connectivity index (χ0n) is 12.1. The zero-order chi connectivity index (χ0) is 13.0. The molecule has 1 saturated heterocycles. The summed E-state index contributed by atoms with van der Waals surface area (Å²) in [4.78, 5) is 5.17. The summed E-state index contributed by atoms with van der Waals surface area (Å²) in [5, 5.41) is 9.83. The minimum absolute atomic E-state index is 0.00719. The lowest BCUT2D eigenvalue weighted by Gasteiger charge is -2.36. The molecular formula is C15H30N2O. The van der Waals surface area contributed by atoms with Gasteiger partial charge >= 0.3 is 0 Å². The Morgan fingerprint density at radius 2 is 1.72 bits per heavy atom. The predicted octanol–water partition coefficient (Wildman–Crippen LogP) is 1.81. The number of piperazine rings is 1. The minimum atomic E-state index is -0.00719. The third-order valence-electron chi connectivity index (χ3n) is 4.52. The molecule has 0 bridgehead atoms. The van der Waals surface area contributed by atoms with E-state index in [9.17, 15) is 5.11 Å². The monoisotopic (exact) mass is 254 g/mol. The number of nitrogens with zero attached hydrogens (tertiary/aromatic N) is 2. The first-order chi connectivity index (χ1) is 8.65. The van der Waals surface area contributed by atoms with Crippen LogP contribution in [-0.4, -0.2) is 60.3 Å². The summed E-state index contributed by atoms with van der Waals surface area (Å²) < 4.78 is 0. The molecule has 2 fully saturated rings. The van der Waals surface area contributed by atoms with E-state index in [1.807, 2.05) is 0 Å². The van der Waals surface area contributed by atoms with E-state index in [-0.39, 0.29) is 6.10 Å². The second-order valence-electron chi connectivity index (χ2n) is 6.58. The average molecular weight is 254 g/mol. The molecular weight excluding hydrogens is 224 g/mol. The normalized spacial score (nSPS) is 31.3. The lowest BCUT2D eigenvalue weighted by Crippen LogP contribution is -2.47. The van der Waals surface area contributed by atoms with Gasteiger partial charge in [-0.15, -0.1) is 0 Å². The van der Waals surface area contributed by atoms with Gasteiger partial charge < -0.3 is 14.9 Å². The molecule has 0 spiro atoms. The van der Waals surface area contributed by atoms with Crippen molar-refractivity contribution in [1.29, 1.82) is 0 Å². The first-order valence-corrected chi connectivity index (χ1v) is 7.78. The highest BCUT2D eigenvalue weighted by atomic mass is 16.3. The topological polar surface area (TPSA) is 26.7 Å². The molecule has 0 aromatic heterocycles. The van der Waals surface area contributed by atoms with E-state index in [0.29, 0.717) is 5.92 Å². The number of aliphatic hydroxyl groups excluding tert-OH is 1. The van der Waals surface area contributed by atoms with Crippen molar-refractivity contribution in [2.24, 2.45) is 11.8 Å². The van der Waals surface area contributed by atoms with Crippen LogP contribution >= 0.6 is 0 Å². The van der Waals surface area contributed by atoms with Gasteiger partial charge in [0.05, 0.1) is 6.10 Å². The molecule has 1 saturated carbocycles. The van der Waals surface area contributed by atoms with Crippen molar-refractivity contribution in [3.63, 3.8) is 0 Å². The van der Waals surface area contributed by atoms with Gasteiger partial charge in [-0.05, 0) is 37.6 Å². The molecule has 106 valence electrons. The highest BCUT2D eigenvalue weighted by Crippen LogP contribution is 2.28. The van der Waals surface area contributed by atoms with E-state index in [0.717, 1.165) is 12.3 Å². The van der Waals surface area contributed by atoms with Crippen molar-refractivity contribution in [3.8, 4) is 0 Å². The van der Waals surface area contributed by atoms with Crippen molar-refractivity contribution in [2.45, 2.75) is 45.6 Å². The maximum Gasteiger partial charge on any atom is 0.0568 e. The maximum atomic E-state index is 9.83. The smallest absolute Gasteiger partial charge is 0.0568 e. The van der Waals surface area contributed by atoms with Crippen LogP contribution in [0.3, 0.4) is 0 Å². The minimum Gasteiger partial charge on any atom is -0.393 e. The van der Waals surface area contributed by atoms with E-state index >= 15 is 0 Å². The van der Waals surface area contributed by atoms with Gasteiger partial charge in [0.2, 0.25) is 0 Å². The van der Waals surface area contributed by atoms with Crippen LogP contribution in [0.1, 0.15) is 39.5 Å². The molecule has 3 heteroatoms. The fraction of sp³-hybridized carbons (Fsp3) is 1.00. The highest BCUT2D eigenvalue weighted by molar-refractivity contribution is 4.79. The lowest BCUT2D eigenvalue weighted by atomic mass is 10.0. The van der Waals surface area contributed by atoms with Crippen molar-refractivity contribution in [3.05, 3.63) is 0 Å². The Labute approximate surface area is 112 Å². The molecule has 3 nitrogen and oxygen atoms in total. The Hall–Kier alpha value is -0.120. The Kier molecular flexibility index (Phi) is 5.46. The molecule has 18 heavy (non-hydrogen) atoms. The zero-order valence-corrected chi connectivity index (χ0v) is 12.1. The van der Waals surface area contributed by atoms with Gasteiger partial charge in [0.25, 0.3) is 0 Å². The molecule has 1 heterocycles. The van der Waals surface area contributed by atoms with Crippen LogP contribution in [0.25, 0.3) is 0 Å². The van der Waals surface area contributed by atoms with Crippen LogP contribution in [0.4, 0.5) is 0 Å². The van der Waals surface area contributed by atoms with Gasteiger partial charge in [0.1, 0.15) is 0 Å². The summed E-state index contributed by atoms with van der Waals surface area (Å²) in [6.45, 7) is 11.9. The summed E-state index contributed by atoms with van der Waals surface area (Å²) in [6.07, 6.45) is 4.70. The molecule has 1 N–H and O–H groups in total. The third kappa shape index (κ3) is 4.22. The molecule has 1 aliphatic carbocycles. The summed E-state index contributed by atoms with van der Waals surface area (Å²) in [5.74, 6) is 1.36. The summed E-state index contributed by atoms with van der Waals surface area (Å²) >= 11 is 0. The Balaban J connectivity index is 1.61. The molecule has 2 unspecified atom stereocenters. The van der Waals surface area contributed by atoms with Crippen LogP contribution in [0, 0.1) is 11.8 Å². The number of rotatable bonds is 5. The van der Waals surface area contributed by atoms with E-state index in [4.69, 9.17) is 0 Å². The van der Waals surface area contributed by atoms with Crippen LogP contribution in [0.15, 0.2) is 0 Å². The van der Waals surface area contributed by atoms with Gasteiger partial charge in [-0.2, -0.15) is 0 Å². The molecule has 0 amide bonds. The fourth-order valence-corrected chi connectivity index (χ4v) is 3.41. The molecule has 0 aromatic rings. The first-order valence-electron chi connectivity index (χ1n) is 7.78. The molecule has 2 atom stereocenters. The standard InChI is InChI=1S/C15H30N2O/c1-13(2)12-17-10-8-16(9-11-17)7-6-14-4-3-5-15(14)18/h13-15,18H,3-12H2,1-2H3. The van der Waals surface area contributed by atoms with E-state index in [1.54, 1.807) is 0 Å². The fourth-order valence-electron chi connectivity index (χ4n) is 3.41. The Morgan fingerprint density at radius 3 is 2.28 bits per heavy atom. The number of hydrogen-bond donors (Lipinski definition) is 1. The number of aliphatic hydroxyl groups is 1. The Bertz CT molecular complexity index is 237. The van der Waals surface area contributed by atoms with Crippen LogP contribution in [0.2, 0.25) is 0 Å². The van der Waals surface area contributed by atoms with Crippen molar-refractivity contribution in [1.82, 2.24) is 9.80 Å². The second-order valence-corrected chi connectivity index (χ2v) is 6.58. The first kappa shape index (κ1) is 14.3. The highest BCUT2D eigenvalue weighted by Gasteiger charge is 2.26. The lowest BCUT2D eigenvalue weighted by molar-refractivity contribution is 0.0941. The third-order valence-corrected chi connectivity index (χ3v) is 4.52. The van der Waals surface area contributed by atoms with Crippen LogP contribution < -0.4 is 0 Å². The maximum absolute atomic E-state index is 9.83. The van der Waals surface area contributed by atoms with Crippen LogP contribution in [-0.2, 0) is 0 Å². The summed E-state index contributed by atoms with van der Waals surface area (Å²) in [7, 11) is 0. The van der Waals surface area contributed by atoms with Crippen LogP contribution in [0.5, 0.6) is 0 Å². The summed E-state index contributed by atoms with van der Waals surface area (Å²) in [6, 6.07) is 0. The number of hydrogen-bond acceptors (Lipinski definition) is 3. The van der Waals surface area contributed by atoms with Gasteiger partial charge in [0, 0.05) is 32.7 Å². The van der Waals surface area contributed by atoms with E-state index < -0.39 is 0 Å². The van der Waals surface area contributed by atoms with Gasteiger partial charge in [-0.3, -0.25) is 0 Å². The second kappa shape index (κ2) is 6.88. The molecule has 1 aliphatic heterocycles. The van der Waals surface area contributed by atoms with Crippen molar-refractivity contribution < 1.29 is 5.11 Å². The van der Waals surface area contributed by atoms with Crippen molar-refractivity contribution >= 4 is 0 Å². The largest absolute Gasteiger partial charge is 0.393 e. The van der Waals surface area contributed by atoms with Crippen molar-refractivity contribution in [2.75, 3.05) is 39.3 Å². The molecule has 0 radical (unpaired) electrons.